The molecule has 104 valence electrons. The van der Waals surface area contributed by atoms with Crippen molar-refractivity contribution in [2.75, 3.05) is 6.61 Å². The number of carboxylic acid groups (broad SMARTS) is 1. The van der Waals surface area contributed by atoms with Gasteiger partial charge in [-0.25, -0.2) is 4.79 Å². The molecule has 1 rings (SSSR count). The molecule has 0 aliphatic heterocycles. The summed E-state index contributed by atoms with van der Waals surface area (Å²) in [6.45, 7) is -1.55. The third kappa shape index (κ3) is 4.61. The van der Waals surface area contributed by atoms with Crippen LogP contribution in [0.2, 0.25) is 0 Å². The summed E-state index contributed by atoms with van der Waals surface area (Å²) in [7, 11) is 0. The normalized spacial score (nSPS) is 11.2. The standard InChI is InChI=1S/C10H5F2I3O4/c11-10(12,9(17)18)3-19-8(16)7-5(14)1-4(13)2-6(7)15/h1-2H,3H2,(H,17,18)/p-1. The van der Waals surface area contributed by atoms with Crippen molar-refractivity contribution in [2.24, 2.45) is 0 Å². The van der Waals surface area contributed by atoms with Gasteiger partial charge in [0.25, 0.3) is 0 Å². The molecule has 4 nitrogen and oxygen atoms in total. The Morgan fingerprint density at radius 2 is 1.68 bits per heavy atom. The molecular formula is C10H4F2I3O4-. The molecule has 0 amide bonds. The first-order valence-corrected chi connectivity index (χ1v) is 7.79. The predicted molar refractivity (Wildman–Crippen MR) is 84.8 cm³/mol. The minimum absolute atomic E-state index is 0.135. The molecule has 0 atom stereocenters. The number of esters is 1. The molecule has 0 aliphatic carbocycles. The molecule has 0 bridgehead atoms. The van der Waals surface area contributed by atoms with Crippen molar-refractivity contribution < 1.29 is 28.2 Å². The molecular weight excluding hydrogens is 603 g/mol. The van der Waals surface area contributed by atoms with Crippen LogP contribution in [0.3, 0.4) is 0 Å². The van der Waals surface area contributed by atoms with Crippen molar-refractivity contribution in [3.8, 4) is 0 Å². The van der Waals surface area contributed by atoms with Crippen LogP contribution in [0.1, 0.15) is 10.4 Å². The number of carbonyl (C=O) groups is 2. The summed E-state index contributed by atoms with van der Waals surface area (Å²) in [5.41, 5.74) is 0.135. The molecule has 0 heterocycles. The second kappa shape index (κ2) is 6.78. The fraction of sp³-hybridized carbons (Fsp3) is 0.200. The number of carbonyl (C=O) groups excluding carboxylic acids is 2. The Hall–Kier alpha value is 0.210. The van der Waals surface area contributed by atoms with E-state index < -0.39 is 24.5 Å². The van der Waals surface area contributed by atoms with E-state index in [4.69, 9.17) is 0 Å². The Bertz CT molecular complexity index is 511. The zero-order valence-corrected chi connectivity index (χ0v) is 15.4. The maximum atomic E-state index is 12.7. The summed E-state index contributed by atoms with van der Waals surface area (Å²) < 4.78 is 31.8. The summed E-state index contributed by atoms with van der Waals surface area (Å²) in [5.74, 6) is -7.77. The molecule has 0 N–H and O–H groups in total. The van der Waals surface area contributed by atoms with Crippen molar-refractivity contribution in [3.05, 3.63) is 28.4 Å². The Morgan fingerprint density at radius 3 is 2.11 bits per heavy atom. The van der Waals surface area contributed by atoms with E-state index in [1.165, 1.54) is 0 Å². The third-order valence-electron chi connectivity index (χ3n) is 1.89. The summed E-state index contributed by atoms with van der Waals surface area (Å²) in [6, 6.07) is 3.35. The first-order chi connectivity index (χ1) is 8.65. The lowest BCUT2D eigenvalue weighted by Gasteiger charge is -2.17. The van der Waals surface area contributed by atoms with Gasteiger partial charge in [-0.05, 0) is 79.9 Å². The van der Waals surface area contributed by atoms with E-state index in [2.05, 4.69) is 4.74 Å². The third-order valence-corrected chi connectivity index (χ3v) is 4.22. The fourth-order valence-electron chi connectivity index (χ4n) is 1.02. The lowest BCUT2D eigenvalue weighted by atomic mass is 10.2. The van der Waals surface area contributed by atoms with Gasteiger partial charge in [0.1, 0.15) is 5.97 Å². The maximum Gasteiger partial charge on any atom is 0.340 e. The van der Waals surface area contributed by atoms with Gasteiger partial charge in [-0.3, -0.25) is 0 Å². The number of aliphatic carboxylic acids is 1. The van der Waals surface area contributed by atoms with E-state index in [1.54, 1.807) is 12.1 Å². The Morgan fingerprint density at radius 1 is 1.21 bits per heavy atom. The average molecular weight is 607 g/mol. The number of hydrogen-bond acceptors (Lipinski definition) is 4. The lowest BCUT2D eigenvalue weighted by molar-refractivity contribution is -0.331. The van der Waals surface area contributed by atoms with Crippen molar-refractivity contribution in [1.82, 2.24) is 0 Å². The average Bonchev–Trinajstić information content (AvgIpc) is 2.24. The molecule has 1 aromatic carbocycles. The van der Waals surface area contributed by atoms with Gasteiger partial charge in [0.2, 0.25) is 0 Å². The molecule has 0 saturated heterocycles. The first-order valence-electron chi connectivity index (χ1n) is 4.56. The number of carboxylic acids is 1. The summed E-state index contributed by atoms with van der Waals surface area (Å²) in [4.78, 5) is 21.8. The van der Waals surface area contributed by atoms with E-state index in [-0.39, 0.29) is 5.56 Å². The van der Waals surface area contributed by atoms with Crippen LogP contribution in [0.25, 0.3) is 0 Å². The van der Waals surface area contributed by atoms with Gasteiger partial charge in [-0.1, -0.05) is 0 Å². The lowest BCUT2D eigenvalue weighted by Crippen LogP contribution is -2.45. The maximum absolute atomic E-state index is 12.7. The highest BCUT2D eigenvalue weighted by Gasteiger charge is 2.33. The molecule has 0 unspecified atom stereocenters. The highest BCUT2D eigenvalue weighted by molar-refractivity contribution is 14.1. The van der Waals surface area contributed by atoms with Crippen molar-refractivity contribution >= 4 is 79.7 Å². The van der Waals surface area contributed by atoms with Crippen LogP contribution in [-0.2, 0) is 9.53 Å². The van der Waals surface area contributed by atoms with Gasteiger partial charge >= 0.3 is 11.9 Å². The molecule has 9 heteroatoms. The summed E-state index contributed by atoms with van der Waals surface area (Å²) in [6.07, 6.45) is 0. The number of halogens is 5. The second-order valence-electron chi connectivity index (χ2n) is 3.31. The number of ether oxygens (including phenoxy) is 1. The van der Waals surface area contributed by atoms with Gasteiger partial charge in [0, 0.05) is 10.7 Å². The second-order valence-corrected chi connectivity index (χ2v) is 6.88. The number of rotatable bonds is 4. The van der Waals surface area contributed by atoms with E-state index >= 15 is 0 Å². The monoisotopic (exact) mass is 607 g/mol. The quantitative estimate of drug-likeness (QED) is 0.389. The van der Waals surface area contributed by atoms with Gasteiger partial charge in [-0.2, -0.15) is 8.78 Å². The van der Waals surface area contributed by atoms with Crippen LogP contribution in [0, 0.1) is 10.7 Å². The van der Waals surface area contributed by atoms with Gasteiger partial charge < -0.3 is 14.6 Å². The topological polar surface area (TPSA) is 66.4 Å². The van der Waals surface area contributed by atoms with Gasteiger partial charge in [0.05, 0.1) is 5.56 Å². The number of benzene rings is 1. The Labute approximate surface area is 147 Å². The van der Waals surface area contributed by atoms with Crippen LogP contribution >= 0.6 is 67.8 Å². The number of alkyl halides is 2. The highest BCUT2D eigenvalue weighted by atomic mass is 127. The van der Waals surface area contributed by atoms with Crippen LogP contribution < -0.4 is 5.11 Å². The van der Waals surface area contributed by atoms with Crippen LogP contribution in [0.15, 0.2) is 12.1 Å². The minimum atomic E-state index is -4.20. The molecule has 0 aliphatic rings. The minimum Gasteiger partial charge on any atom is -0.544 e. The van der Waals surface area contributed by atoms with E-state index in [1.807, 2.05) is 67.8 Å². The zero-order chi connectivity index (χ0) is 14.8. The molecule has 0 spiro atoms. The van der Waals surface area contributed by atoms with E-state index in [0.717, 1.165) is 3.57 Å². The molecule has 0 aromatic heterocycles. The van der Waals surface area contributed by atoms with Gasteiger partial charge in [-0.15, -0.1) is 0 Å². The smallest absolute Gasteiger partial charge is 0.340 e. The highest BCUT2D eigenvalue weighted by Crippen LogP contribution is 2.24. The van der Waals surface area contributed by atoms with Crippen molar-refractivity contribution in [1.29, 1.82) is 0 Å². The SMILES string of the molecule is O=C(OCC(F)(F)C(=O)[O-])c1c(I)cc(I)cc1I. The largest absolute Gasteiger partial charge is 0.544 e. The molecule has 1 aromatic rings. The van der Waals surface area contributed by atoms with Crippen LogP contribution in [0.5, 0.6) is 0 Å². The fourth-order valence-corrected chi connectivity index (χ4v) is 5.05. The van der Waals surface area contributed by atoms with Crippen LogP contribution in [-0.4, -0.2) is 24.5 Å². The molecule has 0 fully saturated rings. The molecule has 0 saturated carbocycles. The van der Waals surface area contributed by atoms with Gasteiger partial charge in [0.15, 0.2) is 6.61 Å². The first kappa shape index (κ1) is 17.3. The molecule has 0 radical (unpaired) electrons. The van der Waals surface area contributed by atoms with Crippen LogP contribution in [0.4, 0.5) is 8.78 Å². The van der Waals surface area contributed by atoms with E-state index in [9.17, 15) is 23.5 Å². The predicted octanol–water partition coefficient (Wildman–Crippen LogP) is 2.04. The Kier molecular flexibility index (Phi) is 6.16. The zero-order valence-electron chi connectivity index (χ0n) is 8.88. The molecule has 19 heavy (non-hydrogen) atoms. The van der Waals surface area contributed by atoms with Crippen molar-refractivity contribution in [2.45, 2.75) is 5.92 Å². The van der Waals surface area contributed by atoms with Crippen molar-refractivity contribution in [3.63, 3.8) is 0 Å². The number of hydrogen-bond donors (Lipinski definition) is 0. The summed E-state index contributed by atoms with van der Waals surface area (Å²) in [5, 5.41) is 10.1. The van der Waals surface area contributed by atoms with E-state index in [0.29, 0.717) is 7.14 Å². The summed E-state index contributed by atoms with van der Waals surface area (Å²) >= 11 is 5.79. The Balaban J connectivity index is 2.89.